The summed E-state index contributed by atoms with van der Waals surface area (Å²) in [6, 6.07) is 59.7. The van der Waals surface area contributed by atoms with Gasteiger partial charge in [-0.05, 0) is 57.6 Å². The number of hydrogen-bond acceptors (Lipinski definition) is 2. The summed E-state index contributed by atoms with van der Waals surface area (Å²) in [6.07, 6.45) is 0. The second kappa shape index (κ2) is 10.1. The van der Waals surface area contributed by atoms with Gasteiger partial charge in [-0.1, -0.05) is 133 Å². The normalized spacial score (nSPS) is 11.6. The summed E-state index contributed by atoms with van der Waals surface area (Å²) in [5.74, 6) is 0. The highest BCUT2D eigenvalue weighted by molar-refractivity contribution is 7.26. The molecule has 1 heterocycles. The van der Waals surface area contributed by atoms with Gasteiger partial charge in [0.05, 0.1) is 11.4 Å². The van der Waals surface area contributed by atoms with Gasteiger partial charge in [0, 0.05) is 42.0 Å². The molecular weight excluding hydrogens is 551 g/mol. The van der Waals surface area contributed by atoms with Gasteiger partial charge in [-0.2, -0.15) is 0 Å². The Labute approximate surface area is 259 Å². The molecular formula is C42H27NS. The van der Waals surface area contributed by atoms with E-state index in [1.54, 1.807) is 0 Å². The fourth-order valence-corrected chi connectivity index (χ4v) is 8.03. The van der Waals surface area contributed by atoms with Crippen molar-refractivity contribution in [1.29, 1.82) is 0 Å². The summed E-state index contributed by atoms with van der Waals surface area (Å²) >= 11 is 1.89. The second-order valence-electron chi connectivity index (χ2n) is 11.3. The van der Waals surface area contributed by atoms with Crippen LogP contribution in [0.15, 0.2) is 164 Å². The van der Waals surface area contributed by atoms with Crippen molar-refractivity contribution in [3.8, 4) is 11.1 Å². The van der Waals surface area contributed by atoms with Gasteiger partial charge in [-0.3, -0.25) is 0 Å². The van der Waals surface area contributed by atoms with Crippen molar-refractivity contribution in [3.05, 3.63) is 164 Å². The lowest BCUT2D eigenvalue weighted by Crippen LogP contribution is -2.11. The van der Waals surface area contributed by atoms with E-state index >= 15 is 0 Å². The average molecular weight is 578 g/mol. The van der Waals surface area contributed by atoms with Crippen molar-refractivity contribution >= 4 is 80.9 Å². The Balaban J connectivity index is 1.38. The molecule has 0 radical (unpaired) electrons. The summed E-state index contributed by atoms with van der Waals surface area (Å²) in [4.78, 5) is 2.47. The zero-order valence-electron chi connectivity index (χ0n) is 23.9. The molecule has 0 amide bonds. The van der Waals surface area contributed by atoms with Crippen molar-refractivity contribution < 1.29 is 0 Å². The first-order chi connectivity index (χ1) is 21.8. The van der Waals surface area contributed by atoms with E-state index in [9.17, 15) is 0 Å². The molecule has 206 valence electrons. The van der Waals surface area contributed by atoms with Crippen LogP contribution >= 0.6 is 11.3 Å². The third-order valence-corrected chi connectivity index (χ3v) is 10.0. The molecule has 8 aromatic carbocycles. The Bertz CT molecular complexity index is 2510. The van der Waals surface area contributed by atoms with Crippen molar-refractivity contribution in [2.75, 3.05) is 4.90 Å². The first-order valence-electron chi connectivity index (χ1n) is 15.0. The highest BCUT2D eigenvalue weighted by Crippen LogP contribution is 2.47. The molecule has 9 rings (SSSR count). The zero-order chi connectivity index (χ0) is 29.0. The minimum atomic E-state index is 1.13. The van der Waals surface area contributed by atoms with Crippen LogP contribution in [0.5, 0.6) is 0 Å². The summed E-state index contributed by atoms with van der Waals surface area (Å²) in [7, 11) is 0. The SMILES string of the molecule is c1ccc(-c2cccc(N(c3cc4ccccc4c4ccccc34)c3cccc4c3ccc3c5ccccc5sc43)c2)cc1. The van der Waals surface area contributed by atoms with Crippen molar-refractivity contribution in [3.63, 3.8) is 0 Å². The smallest absolute Gasteiger partial charge is 0.0546 e. The maximum atomic E-state index is 2.47. The predicted octanol–water partition coefficient (Wildman–Crippen LogP) is 12.7. The van der Waals surface area contributed by atoms with Crippen LogP contribution in [-0.2, 0) is 0 Å². The van der Waals surface area contributed by atoms with Crippen molar-refractivity contribution in [2.24, 2.45) is 0 Å². The van der Waals surface area contributed by atoms with Crippen LogP contribution in [0.25, 0.3) is 63.6 Å². The molecule has 0 N–H and O–H groups in total. The van der Waals surface area contributed by atoms with E-state index in [2.05, 4.69) is 169 Å². The topological polar surface area (TPSA) is 3.24 Å². The lowest BCUT2D eigenvalue weighted by molar-refractivity contribution is 1.32. The van der Waals surface area contributed by atoms with Crippen LogP contribution in [0.4, 0.5) is 17.1 Å². The maximum absolute atomic E-state index is 2.47. The monoisotopic (exact) mass is 577 g/mol. The first kappa shape index (κ1) is 25.1. The Morgan fingerprint density at radius 1 is 0.364 bits per heavy atom. The van der Waals surface area contributed by atoms with Gasteiger partial charge in [0.15, 0.2) is 0 Å². The van der Waals surface area contributed by atoms with Gasteiger partial charge in [0.25, 0.3) is 0 Å². The number of nitrogens with zero attached hydrogens (tertiary/aromatic N) is 1. The maximum Gasteiger partial charge on any atom is 0.0546 e. The fraction of sp³-hybridized carbons (Fsp3) is 0. The molecule has 0 aliphatic rings. The molecule has 0 bridgehead atoms. The van der Waals surface area contributed by atoms with E-state index in [0.717, 1.165) is 5.69 Å². The summed E-state index contributed by atoms with van der Waals surface area (Å²) in [6.45, 7) is 0. The quantitative estimate of drug-likeness (QED) is 0.188. The standard InChI is InChI=1S/C42H27NS/c1-2-12-28(13-3-1)29-15-10-16-31(26-29)43(40-27-30-14-4-5-17-32(30)33-18-6-7-19-34(33)40)39-22-11-21-37-35(39)24-25-38-36-20-8-9-23-41(36)44-42(37)38/h1-27H. The molecule has 0 saturated heterocycles. The molecule has 0 unspecified atom stereocenters. The van der Waals surface area contributed by atoms with Gasteiger partial charge < -0.3 is 4.90 Å². The van der Waals surface area contributed by atoms with Crippen LogP contribution in [0.1, 0.15) is 0 Å². The molecule has 44 heavy (non-hydrogen) atoms. The Morgan fingerprint density at radius 2 is 0.977 bits per heavy atom. The summed E-state index contributed by atoms with van der Waals surface area (Å²) < 4.78 is 2.67. The molecule has 2 heteroatoms. The largest absolute Gasteiger partial charge is 0.309 e. The molecule has 0 aliphatic carbocycles. The van der Waals surface area contributed by atoms with E-state index in [1.807, 2.05) is 11.3 Å². The van der Waals surface area contributed by atoms with Gasteiger partial charge in [0.2, 0.25) is 0 Å². The number of thiophene rings is 1. The van der Waals surface area contributed by atoms with E-state index in [4.69, 9.17) is 0 Å². The van der Waals surface area contributed by atoms with Gasteiger partial charge in [0.1, 0.15) is 0 Å². The number of rotatable bonds is 4. The molecule has 0 saturated carbocycles. The minimum absolute atomic E-state index is 1.13. The Morgan fingerprint density at radius 3 is 1.86 bits per heavy atom. The third kappa shape index (κ3) is 3.92. The van der Waals surface area contributed by atoms with Gasteiger partial charge in [-0.15, -0.1) is 11.3 Å². The number of fused-ring (bicyclic) bond motifs is 8. The molecule has 0 aliphatic heterocycles. The summed E-state index contributed by atoms with van der Waals surface area (Å²) in [5.41, 5.74) is 5.89. The van der Waals surface area contributed by atoms with Crippen LogP contribution < -0.4 is 4.90 Å². The Hall–Kier alpha value is -5.44. The number of anilines is 3. The van der Waals surface area contributed by atoms with E-state index in [1.165, 1.54) is 75.0 Å². The van der Waals surface area contributed by atoms with Crippen LogP contribution in [0.3, 0.4) is 0 Å². The van der Waals surface area contributed by atoms with Crippen molar-refractivity contribution in [2.45, 2.75) is 0 Å². The lowest BCUT2D eigenvalue weighted by Gasteiger charge is -2.29. The number of benzene rings is 8. The second-order valence-corrected chi connectivity index (χ2v) is 12.4. The fourth-order valence-electron chi connectivity index (χ4n) is 6.80. The van der Waals surface area contributed by atoms with Crippen LogP contribution in [0, 0.1) is 0 Å². The lowest BCUT2D eigenvalue weighted by atomic mass is 9.97. The van der Waals surface area contributed by atoms with Gasteiger partial charge in [-0.25, -0.2) is 0 Å². The highest BCUT2D eigenvalue weighted by atomic mass is 32.1. The van der Waals surface area contributed by atoms with Crippen LogP contribution in [0.2, 0.25) is 0 Å². The average Bonchev–Trinajstić information content (AvgIpc) is 3.48. The summed E-state index contributed by atoms with van der Waals surface area (Å²) in [5, 5.41) is 10.2. The zero-order valence-corrected chi connectivity index (χ0v) is 24.8. The van der Waals surface area contributed by atoms with E-state index < -0.39 is 0 Å². The highest BCUT2D eigenvalue weighted by Gasteiger charge is 2.21. The molecule has 9 aromatic rings. The van der Waals surface area contributed by atoms with E-state index in [-0.39, 0.29) is 0 Å². The first-order valence-corrected chi connectivity index (χ1v) is 15.8. The molecule has 1 aromatic heterocycles. The van der Waals surface area contributed by atoms with Crippen molar-refractivity contribution in [1.82, 2.24) is 0 Å². The molecule has 0 spiro atoms. The number of hydrogen-bond donors (Lipinski definition) is 0. The van der Waals surface area contributed by atoms with Gasteiger partial charge >= 0.3 is 0 Å². The molecule has 0 atom stereocenters. The third-order valence-electron chi connectivity index (χ3n) is 8.82. The van der Waals surface area contributed by atoms with E-state index in [0.29, 0.717) is 0 Å². The Kier molecular flexibility index (Phi) is 5.75. The molecule has 1 nitrogen and oxygen atoms in total. The molecule has 0 fully saturated rings. The predicted molar refractivity (Wildman–Crippen MR) is 192 cm³/mol. The van der Waals surface area contributed by atoms with Crippen LogP contribution in [-0.4, -0.2) is 0 Å². The minimum Gasteiger partial charge on any atom is -0.309 e.